The third kappa shape index (κ3) is 2.87. The van der Waals surface area contributed by atoms with Crippen molar-refractivity contribution in [2.75, 3.05) is 13.2 Å². The molecule has 0 bridgehead atoms. The van der Waals surface area contributed by atoms with Gasteiger partial charge in [-0.1, -0.05) is 26.7 Å². The monoisotopic (exact) mass is 253 g/mol. The zero-order valence-corrected chi connectivity index (χ0v) is 11.8. The third-order valence-electron chi connectivity index (χ3n) is 4.40. The summed E-state index contributed by atoms with van der Waals surface area (Å²) in [6.07, 6.45) is 7.76. The van der Waals surface area contributed by atoms with E-state index < -0.39 is 0 Å². The van der Waals surface area contributed by atoms with Crippen LogP contribution in [0.25, 0.3) is 0 Å². The van der Waals surface area contributed by atoms with Gasteiger partial charge in [-0.15, -0.1) is 0 Å². The van der Waals surface area contributed by atoms with Crippen LogP contribution in [0.5, 0.6) is 0 Å². The Balaban J connectivity index is 2.10. The molecule has 2 rings (SSSR count). The van der Waals surface area contributed by atoms with Crippen LogP contribution in [-0.2, 0) is 4.79 Å². The van der Waals surface area contributed by atoms with Crippen molar-refractivity contribution in [2.24, 2.45) is 11.3 Å². The van der Waals surface area contributed by atoms with E-state index in [1.54, 1.807) is 0 Å². The summed E-state index contributed by atoms with van der Waals surface area (Å²) >= 11 is 0. The van der Waals surface area contributed by atoms with Gasteiger partial charge in [0, 0.05) is 18.0 Å². The molecule has 2 fully saturated rings. The molecule has 0 aromatic heterocycles. The molecule has 18 heavy (non-hydrogen) atoms. The van der Waals surface area contributed by atoms with Gasteiger partial charge in [-0.2, -0.15) is 0 Å². The van der Waals surface area contributed by atoms with Gasteiger partial charge in [0.1, 0.15) is 0 Å². The normalized spacial score (nSPS) is 22.4. The van der Waals surface area contributed by atoms with Crippen LogP contribution in [-0.4, -0.2) is 35.1 Å². The number of hydrogen-bond acceptors (Lipinski definition) is 2. The van der Waals surface area contributed by atoms with Crippen molar-refractivity contribution in [3.63, 3.8) is 0 Å². The van der Waals surface area contributed by atoms with Crippen LogP contribution in [0.4, 0.5) is 0 Å². The van der Waals surface area contributed by atoms with E-state index in [9.17, 15) is 9.90 Å². The second-order valence-electron chi connectivity index (χ2n) is 6.54. The molecule has 104 valence electrons. The minimum atomic E-state index is -0.105. The average Bonchev–Trinajstić information content (AvgIpc) is 3.05. The van der Waals surface area contributed by atoms with Crippen molar-refractivity contribution in [2.45, 2.75) is 64.8 Å². The number of carbonyl (C=O) groups is 1. The van der Waals surface area contributed by atoms with Gasteiger partial charge in [0.05, 0.1) is 6.61 Å². The lowest BCUT2D eigenvalue weighted by molar-refractivity contribution is -0.144. The Kier molecular flexibility index (Phi) is 4.31. The molecule has 0 unspecified atom stereocenters. The Bertz CT molecular complexity index is 291. The summed E-state index contributed by atoms with van der Waals surface area (Å²) in [7, 11) is 0. The van der Waals surface area contributed by atoms with Crippen molar-refractivity contribution in [1.29, 1.82) is 0 Å². The van der Waals surface area contributed by atoms with Crippen LogP contribution >= 0.6 is 0 Å². The maximum Gasteiger partial charge on any atom is 0.229 e. The van der Waals surface area contributed by atoms with E-state index >= 15 is 0 Å². The highest BCUT2D eigenvalue weighted by Gasteiger charge is 2.46. The standard InChI is InChI=1S/C15H27NO2/c1-12(2)11-15(7-3-4-8-15)14(18)16(9-10-17)13-5-6-13/h12-13,17H,3-11H2,1-2H3. The summed E-state index contributed by atoms with van der Waals surface area (Å²) in [4.78, 5) is 14.9. The summed E-state index contributed by atoms with van der Waals surface area (Å²) in [5.74, 6) is 0.910. The van der Waals surface area contributed by atoms with Gasteiger partial charge < -0.3 is 10.0 Å². The summed E-state index contributed by atoms with van der Waals surface area (Å²) in [6.45, 7) is 5.05. The molecule has 0 aliphatic heterocycles. The van der Waals surface area contributed by atoms with E-state index in [0.717, 1.165) is 32.1 Å². The first kappa shape index (κ1) is 13.9. The number of aliphatic hydroxyl groups is 1. The van der Waals surface area contributed by atoms with Gasteiger partial charge in [0.15, 0.2) is 0 Å². The molecule has 0 saturated heterocycles. The van der Waals surface area contributed by atoms with Crippen LogP contribution in [0, 0.1) is 11.3 Å². The van der Waals surface area contributed by atoms with Crippen molar-refractivity contribution in [3.8, 4) is 0 Å². The number of aliphatic hydroxyl groups excluding tert-OH is 1. The van der Waals surface area contributed by atoms with Crippen LogP contribution in [0.1, 0.15) is 58.8 Å². The number of nitrogens with zero attached hydrogens (tertiary/aromatic N) is 1. The van der Waals surface area contributed by atoms with Crippen molar-refractivity contribution < 1.29 is 9.90 Å². The van der Waals surface area contributed by atoms with Gasteiger partial charge in [0.25, 0.3) is 0 Å². The molecule has 1 amide bonds. The molecule has 3 nitrogen and oxygen atoms in total. The number of carbonyl (C=O) groups excluding carboxylic acids is 1. The lowest BCUT2D eigenvalue weighted by atomic mass is 9.77. The molecule has 2 saturated carbocycles. The summed E-state index contributed by atoms with van der Waals surface area (Å²) in [6, 6.07) is 0.425. The Morgan fingerprint density at radius 1 is 1.33 bits per heavy atom. The van der Waals surface area contributed by atoms with Crippen LogP contribution in [0.3, 0.4) is 0 Å². The van der Waals surface area contributed by atoms with Crippen molar-refractivity contribution >= 4 is 5.91 Å². The van der Waals surface area contributed by atoms with E-state index in [-0.39, 0.29) is 12.0 Å². The SMILES string of the molecule is CC(C)CC1(C(=O)N(CCO)C2CC2)CCCC1. The zero-order chi connectivity index (χ0) is 13.2. The fourth-order valence-corrected chi connectivity index (χ4v) is 3.59. The first-order valence-electron chi connectivity index (χ1n) is 7.51. The molecule has 0 spiro atoms. The van der Waals surface area contributed by atoms with E-state index in [1.165, 1.54) is 12.8 Å². The highest BCUT2D eigenvalue weighted by atomic mass is 16.3. The molecule has 3 heteroatoms. The Labute approximate surface area is 111 Å². The van der Waals surface area contributed by atoms with Gasteiger partial charge >= 0.3 is 0 Å². The molecule has 2 aliphatic carbocycles. The minimum Gasteiger partial charge on any atom is -0.395 e. The molecular formula is C15H27NO2. The molecular weight excluding hydrogens is 226 g/mol. The second-order valence-corrected chi connectivity index (χ2v) is 6.54. The molecule has 2 aliphatic rings. The van der Waals surface area contributed by atoms with E-state index in [1.807, 2.05) is 4.90 Å². The smallest absolute Gasteiger partial charge is 0.229 e. The first-order chi connectivity index (χ1) is 8.59. The summed E-state index contributed by atoms with van der Waals surface area (Å²) in [5, 5.41) is 9.18. The number of rotatable bonds is 6. The molecule has 0 aromatic rings. The maximum atomic E-state index is 12.9. The van der Waals surface area contributed by atoms with Gasteiger partial charge in [0.2, 0.25) is 5.91 Å². The van der Waals surface area contributed by atoms with Gasteiger partial charge in [-0.25, -0.2) is 0 Å². The fourth-order valence-electron chi connectivity index (χ4n) is 3.59. The minimum absolute atomic E-state index is 0.0972. The molecule has 0 radical (unpaired) electrons. The fraction of sp³-hybridized carbons (Fsp3) is 0.933. The highest BCUT2D eigenvalue weighted by molar-refractivity contribution is 5.83. The number of amides is 1. The van der Waals surface area contributed by atoms with Crippen LogP contribution in [0.2, 0.25) is 0 Å². The van der Waals surface area contributed by atoms with Gasteiger partial charge in [-0.3, -0.25) is 4.79 Å². The summed E-state index contributed by atoms with van der Waals surface area (Å²) < 4.78 is 0. The molecule has 0 atom stereocenters. The number of hydrogen-bond donors (Lipinski definition) is 1. The Morgan fingerprint density at radius 3 is 2.39 bits per heavy atom. The third-order valence-corrected chi connectivity index (χ3v) is 4.40. The van der Waals surface area contributed by atoms with E-state index in [4.69, 9.17) is 0 Å². The Morgan fingerprint density at radius 2 is 1.94 bits per heavy atom. The lowest BCUT2D eigenvalue weighted by Crippen LogP contribution is -2.45. The topological polar surface area (TPSA) is 40.5 Å². The highest BCUT2D eigenvalue weighted by Crippen LogP contribution is 2.46. The molecule has 1 N–H and O–H groups in total. The first-order valence-corrected chi connectivity index (χ1v) is 7.51. The summed E-state index contributed by atoms with van der Waals surface area (Å²) in [5.41, 5.74) is -0.105. The van der Waals surface area contributed by atoms with Crippen LogP contribution < -0.4 is 0 Å². The zero-order valence-electron chi connectivity index (χ0n) is 11.8. The lowest BCUT2D eigenvalue weighted by Gasteiger charge is -2.35. The Hall–Kier alpha value is -0.570. The maximum absolute atomic E-state index is 12.9. The largest absolute Gasteiger partial charge is 0.395 e. The second kappa shape index (κ2) is 5.60. The quantitative estimate of drug-likeness (QED) is 0.790. The van der Waals surface area contributed by atoms with Crippen molar-refractivity contribution in [1.82, 2.24) is 4.90 Å². The average molecular weight is 253 g/mol. The van der Waals surface area contributed by atoms with Gasteiger partial charge in [-0.05, 0) is 38.0 Å². The van der Waals surface area contributed by atoms with E-state index in [0.29, 0.717) is 24.4 Å². The van der Waals surface area contributed by atoms with E-state index in [2.05, 4.69) is 13.8 Å². The predicted molar refractivity (Wildman–Crippen MR) is 72.2 cm³/mol. The van der Waals surface area contributed by atoms with Crippen LogP contribution in [0.15, 0.2) is 0 Å². The molecule has 0 aromatic carbocycles. The molecule has 0 heterocycles. The van der Waals surface area contributed by atoms with Crippen molar-refractivity contribution in [3.05, 3.63) is 0 Å². The predicted octanol–water partition coefficient (Wildman–Crippen LogP) is 2.58.